The first-order valence-corrected chi connectivity index (χ1v) is 13.2. The normalized spacial score (nSPS) is 21.1. The summed E-state index contributed by atoms with van der Waals surface area (Å²) in [5.74, 6) is -0.276. The third-order valence-corrected chi connectivity index (χ3v) is 7.71. The highest BCUT2D eigenvalue weighted by atomic mass is 16.5. The fraction of sp³-hybridized carbons (Fsp3) is 0.483. The molecule has 38 heavy (non-hydrogen) atoms. The summed E-state index contributed by atoms with van der Waals surface area (Å²) in [7, 11) is 1.59. The van der Waals surface area contributed by atoms with Crippen molar-refractivity contribution in [3.8, 4) is 0 Å². The molecule has 1 aliphatic carbocycles. The Morgan fingerprint density at radius 3 is 2.68 bits per heavy atom. The van der Waals surface area contributed by atoms with E-state index in [1.54, 1.807) is 25.3 Å². The lowest BCUT2D eigenvalue weighted by molar-refractivity contribution is -0.132. The Bertz CT molecular complexity index is 1180. The molecule has 9 nitrogen and oxygen atoms in total. The van der Waals surface area contributed by atoms with Gasteiger partial charge in [0.25, 0.3) is 5.91 Å². The van der Waals surface area contributed by atoms with E-state index in [-0.39, 0.29) is 30.8 Å². The lowest BCUT2D eigenvalue weighted by Gasteiger charge is -2.40. The summed E-state index contributed by atoms with van der Waals surface area (Å²) in [5, 5.41) is 13.6. The number of benzene rings is 2. The van der Waals surface area contributed by atoms with Crippen LogP contribution in [0, 0.1) is 0 Å². The molecule has 1 heterocycles. The predicted molar refractivity (Wildman–Crippen MR) is 145 cm³/mol. The number of ether oxygens (including phenoxy) is 2. The van der Waals surface area contributed by atoms with Crippen LogP contribution in [0.15, 0.2) is 53.5 Å². The number of nitrogens with one attached hydrogen (secondary N) is 1. The van der Waals surface area contributed by atoms with Gasteiger partial charge in [0.15, 0.2) is 5.96 Å². The minimum absolute atomic E-state index is 0.123. The number of carbonyl (C=O) groups is 2. The van der Waals surface area contributed by atoms with Crippen molar-refractivity contribution in [1.82, 2.24) is 10.2 Å². The number of carbonyl (C=O) groups excluding carboxylic acids is 2. The van der Waals surface area contributed by atoms with Crippen LogP contribution in [-0.4, -0.2) is 66.4 Å². The molecule has 3 atom stereocenters. The molecule has 1 aliphatic heterocycles. The Morgan fingerprint density at radius 2 is 1.97 bits per heavy atom. The highest BCUT2D eigenvalue weighted by Gasteiger charge is 2.40. The van der Waals surface area contributed by atoms with Gasteiger partial charge < -0.3 is 25.6 Å². The van der Waals surface area contributed by atoms with Gasteiger partial charge in [-0.25, -0.2) is 4.99 Å². The summed E-state index contributed by atoms with van der Waals surface area (Å²) in [6.45, 7) is 4.94. The van der Waals surface area contributed by atoms with Crippen LogP contribution in [0.4, 0.5) is 0 Å². The van der Waals surface area contributed by atoms with E-state index in [1.165, 1.54) is 4.90 Å². The van der Waals surface area contributed by atoms with Crippen LogP contribution in [0.3, 0.4) is 0 Å². The monoisotopic (exact) mass is 522 g/mol. The zero-order valence-electron chi connectivity index (χ0n) is 22.4. The molecule has 2 aliphatic rings. The van der Waals surface area contributed by atoms with Gasteiger partial charge in [-0.15, -0.1) is 0 Å². The van der Waals surface area contributed by atoms with Gasteiger partial charge in [0, 0.05) is 19.1 Å². The molecule has 2 aromatic carbocycles. The average Bonchev–Trinajstić information content (AvgIpc) is 3.24. The molecule has 0 spiro atoms. The average molecular weight is 523 g/mol. The fourth-order valence-electron chi connectivity index (χ4n) is 5.34. The Balaban J connectivity index is 1.61. The van der Waals surface area contributed by atoms with E-state index in [1.807, 2.05) is 44.2 Å². The van der Waals surface area contributed by atoms with Gasteiger partial charge >= 0.3 is 0 Å². The Kier molecular flexibility index (Phi) is 8.81. The molecule has 2 aromatic rings. The van der Waals surface area contributed by atoms with Gasteiger partial charge in [-0.05, 0) is 41.7 Å². The van der Waals surface area contributed by atoms with Crippen molar-refractivity contribution >= 4 is 17.8 Å². The van der Waals surface area contributed by atoms with E-state index in [0.29, 0.717) is 43.6 Å². The number of aliphatic imine (C=N–C) groups is 1. The number of aliphatic hydroxyl groups is 1. The molecule has 0 saturated carbocycles. The third kappa shape index (κ3) is 5.75. The molecular formula is C29H38N4O5. The minimum Gasteiger partial charge on any atom is -0.390 e. The number of hydrogen-bond donors (Lipinski definition) is 3. The molecule has 0 fully saturated rings. The van der Waals surface area contributed by atoms with Gasteiger partial charge in [0.1, 0.15) is 0 Å². The topological polar surface area (TPSA) is 126 Å². The van der Waals surface area contributed by atoms with Crippen molar-refractivity contribution in [1.29, 1.82) is 0 Å². The summed E-state index contributed by atoms with van der Waals surface area (Å²) < 4.78 is 10.9. The number of hydrogen-bond acceptors (Lipinski definition) is 7. The first-order chi connectivity index (χ1) is 18.3. The van der Waals surface area contributed by atoms with Gasteiger partial charge in [-0.2, -0.15) is 0 Å². The number of nitrogens with zero attached hydrogens (tertiary/aromatic N) is 2. The maximum absolute atomic E-state index is 13.4. The summed E-state index contributed by atoms with van der Waals surface area (Å²) in [6, 6.07) is 13.7. The number of nitrogens with two attached hydrogens (primary N) is 1. The summed E-state index contributed by atoms with van der Waals surface area (Å²) in [5.41, 5.74) is 8.97. The van der Waals surface area contributed by atoms with Gasteiger partial charge in [-0.1, -0.05) is 50.2 Å². The van der Waals surface area contributed by atoms with Crippen molar-refractivity contribution < 1.29 is 24.2 Å². The molecule has 4 N–H and O–H groups in total. The van der Waals surface area contributed by atoms with E-state index >= 15 is 0 Å². The van der Waals surface area contributed by atoms with Crippen LogP contribution in [-0.2, 0) is 20.7 Å². The van der Waals surface area contributed by atoms with E-state index in [2.05, 4.69) is 5.32 Å². The molecule has 1 unspecified atom stereocenters. The van der Waals surface area contributed by atoms with E-state index in [0.717, 1.165) is 11.1 Å². The molecule has 204 valence electrons. The molecular weight excluding hydrogens is 484 g/mol. The number of rotatable bonds is 11. The van der Waals surface area contributed by atoms with E-state index < -0.39 is 23.7 Å². The maximum atomic E-state index is 13.4. The van der Waals surface area contributed by atoms with Crippen LogP contribution >= 0.6 is 0 Å². The summed E-state index contributed by atoms with van der Waals surface area (Å²) in [6.07, 6.45) is 1.49. The number of methoxy groups -OCH3 is 1. The zero-order valence-corrected chi connectivity index (χ0v) is 22.4. The van der Waals surface area contributed by atoms with Crippen LogP contribution < -0.4 is 11.1 Å². The maximum Gasteiger partial charge on any atom is 0.251 e. The van der Waals surface area contributed by atoms with Crippen LogP contribution in [0.5, 0.6) is 0 Å². The highest BCUT2D eigenvalue weighted by molar-refractivity contribution is 6.00. The lowest BCUT2D eigenvalue weighted by Crippen LogP contribution is -2.53. The smallest absolute Gasteiger partial charge is 0.251 e. The van der Waals surface area contributed by atoms with Crippen molar-refractivity contribution in [3.05, 3.63) is 70.8 Å². The minimum atomic E-state index is -0.694. The Labute approximate surface area is 224 Å². The highest BCUT2D eigenvalue weighted by Crippen LogP contribution is 2.34. The van der Waals surface area contributed by atoms with Crippen molar-refractivity contribution in [2.45, 2.75) is 63.3 Å². The second-order valence-electron chi connectivity index (χ2n) is 9.97. The van der Waals surface area contributed by atoms with Crippen LogP contribution in [0.1, 0.15) is 72.2 Å². The molecule has 0 aromatic heterocycles. The lowest BCUT2D eigenvalue weighted by atomic mass is 9.87. The zero-order chi connectivity index (χ0) is 27.3. The van der Waals surface area contributed by atoms with Gasteiger partial charge in [-0.3, -0.25) is 14.5 Å². The SMILES string of the molecule is CCC1(CC)CC(=O)N(C(COCCOC)c2cccc(C(=O)N[C@@H]3c4ccccc4C[C@H]3O)c2)C(N)=N1. The first-order valence-electron chi connectivity index (χ1n) is 13.2. The second kappa shape index (κ2) is 12.1. The molecule has 0 radical (unpaired) electrons. The second-order valence-corrected chi connectivity index (χ2v) is 9.97. The first kappa shape index (κ1) is 27.8. The number of amides is 2. The fourth-order valence-corrected chi connectivity index (χ4v) is 5.34. The van der Waals surface area contributed by atoms with Crippen LogP contribution in [0.2, 0.25) is 0 Å². The summed E-state index contributed by atoms with van der Waals surface area (Å²) >= 11 is 0. The molecule has 9 heteroatoms. The molecule has 0 bridgehead atoms. The molecule has 0 saturated heterocycles. The number of aliphatic hydroxyl groups excluding tert-OH is 1. The number of fused-ring (bicyclic) bond motifs is 1. The Morgan fingerprint density at radius 1 is 1.21 bits per heavy atom. The quantitative estimate of drug-likeness (QED) is 0.390. The van der Waals surface area contributed by atoms with Gasteiger partial charge in [0.2, 0.25) is 5.91 Å². The van der Waals surface area contributed by atoms with Crippen molar-refractivity contribution in [2.24, 2.45) is 10.7 Å². The van der Waals surface area contributed by atoms with Crippen LogP contribution in [0.25, 0.3) is 0 Å². The molecule has 2 amide bonds. The molecule has 4 rings (SSSR count). The standard InChI is InChI=1S/C29H38N4O5/c1-4-29(5-2)17-25(35)33(28(30)32-29)23(18-38-14-13-37-3)20-10-8-11-21(15-20)27(36)31-26-22-12-7-6-9-19(22)16-24(26)34/h6-12,15,23-24,26,34H,4-5,13-14,16-18H2,1-3H3,(H2,30,32)(H,31,36)/t23?,24-,26-/m1/s1. The third-order valence-electron chi connectivity index (χ3n) is 7.71. The Hall–Kier alpha value is -3.27. The van der Waals surface area contributed by atoms with Gasteiger partial charge in [0.05, 0.1) is 50.0 Å². The van der Waals surface area contributed by atoms with E-state index in [4.69, 9.17) is 20.2 Å². The largest absolute Gasteiger partial charge is 0.390 e. The summed E-state index contributed by atoms with van der Waals surface area (Å²) in [4.78, 5) is 33.0. The van der Waals surface area contributed by atoms with E-state index in [9.17, 15) is 14.7 Å². The number of guanidine groups is 1. The van der Waals surface area contributed by atoms with Crippen molar-refractivity contribution in [3.63, 3.8) is 0 Å². The predicted octanol–water partition coefficient (Wildman–Crippen LogP) is 2.88. The van der Waals surface area contributed by atoms with Crippen molar-refractivity contribution in [2.75, 3.05) is 26.9 Å².